The van der Waals surface area contributed by atoms with Crippen LogP contribution in [0.3, 0.4) is 0 Å². The second-order valence-electron chi connectivity index (χ2n) is 7.89. The Bertz CT molecular complexity index is 1320. The van der Waals surface area contributed by atoms with E-state index in [9.17, 15) is 18.0 Å². The van der Waals surface area contributed by atoms with Crippen LogP contribution in [0.15, 0.2) is 55.0 Å². The number of tetrazole rings is 1. The van der Waals surface area contributed by atoms with Gasteiger partial charge in [0.05, 0.1) is 34.4 Å². The summed E-state index contributed by atoms with van der Waals surface area (Å²) in [5, 5.41) is 18.3. The summed E-state index contributed by atoms with van der Waals surface area (Å²) in [6, 6.07) is 10.3. The van der Waals surface area contributed by atoms with E-state index in [1.165, 1.54) is 28.0 Å². The average molecular weight is 453 g/mol. The molecule has 0 atom stereocenters. The van der Waals surface area contributed by atoms with Crippen molar-refractivity contribution in [2.45, 2.75) is 31.9 Å². The molecule has 8 nitrogen and oxygen atoms in total. The molecule has 4 aromatic rings. The van der Waals surface area contributed by atoms with Crippen LogP contribution in [0.2, 0.25) is 0 Å². The van der Waals surface area contributed by atoms with Crippen LogP contribution in [0, 0.1) is 6.92 Å². The number of amides is 1. The van der Waals surface area contributed by atoms with E-state index in [0.29, 0.717) is 22.6 Å². The van der Waals surface area contributed by atoms with Gasteiger partial charge in [0.1, 0.15) is 6.33 Å². The third-order valence-corrected chi connectivity index (χ3v) is 5.50. The van der Waals surface area contributed by atoms with Gasteiger partial charge in [-0.25, -0.2) is 9.36 Å². The van der Waals surface area contributed by atoms with Gasteiger partial charge in [0.2, 0.25) is 0 Å². The molecule has 5 rings (SSSR count). The Labute approximate surface area is 186 Å². The second kappa shape index (κ2) is 7.84. The van der Waals surface area contributed by atoms with Crippen LogP contribution in [0.5, 0.6) is 0 Å². The normalized spacial score (nSPS) is 13.8. The first-order valence-corrected chi connectivity index (χ1v) is 10.2. The molecule has 0 spiro atoms. The van der Waals surface area contributed by atoms with Gasteiger partial charge in [-0.1, -0.05) is 12.1 Å². The van der Waals surface area contributed by atoms with Crippen LogP contribution in [0.4, 0.5) is 18.9 Å². The topological polar surface area (TPSA) is 90.5 Å². The first-order valence-electron chi connectivity index (χ1n) is 10.2. The van der Waals surface area contributed by atoms with E-state index < -0.39 is 11.7 Å². The predicted octanol–water partition coefficient (Wildman–Crippen LogP) is 4.30. The number of halogens is 3. The lowest BCUT2D eigenvalue weighted by Gasteiger charge is -2.12. The van der Waals surface area contributed by atoms with Gasteiger partial charge < -0.3 is 5.32 Å². The molecule has 2 aromatic heterocycles. The van der Waals surface area contributed by atoms with Gasteiger partial charge in [0, 0.05) is 11.6 Å². The molecular formula is C22H18F3N7O. The number of nitrogens with zero attached hydrogens (tertiary/aromatic N) is 6. The molecule has 168 valence electrons. The zero-order valence-corrected chi connectivity index (χ0v) is 17.4. The monoisotopic (exact) mass is 453 g/mol. The summed E-state index contributed by atoms with van der Waals surface area (Å²) < 4.78 is 42.5. The highest BCUT2D eigenvalue weighted by atomic mass is 19.4. The third-order valence-electron chi connectivity index (χ3n) is 5.50. The highest BCUT2D eigenvalue weighted by Crippen LogP contribution is 2.43. The summed E-state index contributed by atoms with van der Waals surface area (Å²) >= 11 is 0. The molecule has 1 aliphatic carbocycles. The standard InChI is InChI=1S/C22H18F3N7O/c1-13-5-8-16(10-19(13)31-12-26-29-30-31)28-21(33)18-11-27-32(20(18)14-6-7-14)17-4-2-3-15(9-17)22(23,24)25/h2-5,8-12,14H,6-7H2,1H3,(H,28,33). The second-order valence-corrected chi connectivity index (χ2v) is 7.89. The zero-order valence-electron chi connectivity index (χ0n) is 17.4. The van der Waals surface area contributed by atoms with Gasteiger partial charge >= 0.3 is 6.18 Å². The summed E-state index contributed by atoms with van der Waals surface area (Å²) in [4.78, 5) is 13.1. The highest BCUT2D eigenvalue weighted by molar-refractivity contribution is 6.05. The Morgan fingerprint density at radius 3 is 2.67 bits per heavy atom. The van der Waals surface area contributed by atoms with Crippen molar-refractivity contribution < 1.29 is 18.0 Å². The Hall–Kier alpha value is -4.02. The van der Waals surface area contributed by atoms with E-state index in [4.69, 9.17) is 0 Å². The molecule has 2 aromatic carbocycles. The summed E-state index contributed by atoms with van der Waals surface area (Å²) in [5.41, 5.74) is 2.60. The number of hydrogen-bond donors (Lipinski definition) is 1. The van der Waals surface area contributed by atoms with Gasteiger partial charge in [0.15, 0.2) is 0 Å². The van der Waals surface area contributed by atoms with Gasteiger partial charge in [-0.15, -0.1) is 5.10 Å². The molecule has 33 heavy (non-hydrogen) atoms. The minimum atomic E-state index is -4.47. The maximum atomic E-state index is 13.2. The molecule has 1 amide bonds. The summed E-state index contributed by atoms with van der Waals surface area (Å²) in [5.74, 6) is -0.320. The molecule has 0 radical (unpaired) electrons. The summed E-state index contributed by atoms with van der Waals surface area (Å²) in [6.45, 7) is 1.90. The fourth-order valence-corrected chi connectivity index (χ4v) is 3.71. The van der Waals surface area contributed by atoms with Crippen molar-refractivity contribution in [1.82, 2.24) is 30.0 Å². The van der Waals surface area contributed by atoms with E-state index in [0.717, 1.165) is 30.5 Å². The Morgan fingerprint density at radius 2 is 1.97 bits per heavy atom. The fourth-order valence-electron chi connectivity index (χ4n) is 3.71. The van der Waals surface area contributed by atoms with Crippen molar-refractivity contribution in [3.05, 3.63) is 77.4 Å². The average Bonchev–Trinajstić information content (AvgIpc) is 3.30. The van der Waals surface area contributed by atoms with Crippen molar-refractivity contribution in [2.24, 2.45) is 0 Å². The number of carbonyl (C=O) groups excluding carboxylic acids is 1. The number of benzene rings is 2. The van der Waals surface area contributed by atoms with Crippen LogP contribution in [0.25, 0.3) is 11.4 Å². The zero-order chi connectivity index (χ0) is 23.2. The van der Waals surface area contributed by atoms with Gasteiger partial charge in [0.25, 0.3) is 5.91 Å². The SMILES string of the molecule is Cc1ccc(NC(=O)c2cnn(-c3cccc(C(F)(F)F)c3)c2C2CC2)cc1-n1cnnn1. The lowest BCUT2D eigenvalue weighted by Crippen LogP contribution is -2.15. The van der Waals surface area contributed by atoms with Crippen LogP contribution in [0.1, 0.15) is 45.9 Å². The van der Waals surface area contributed by atoms with Gasteiger partial charge in [-0.3, -0.25) is 4.79 Å². The van der Waals surface area contributed by atoms with E-state index in [1.54, 1.807) is 18.2 Å². The molecule has 0 saturated heterocycles. The molecule has 0 unspecified atom stereocenters. The number of alkyl halides is 3. The van der Waals surface area contributed by atoms with Gasteiger partial charge in [-0.05, 0) is 66.1 Å². The molecule has 1 N–H and O–H groups in total. The highest BCUT2D eigenvalue weighted by Gasteiger charge is 2.34. The maximum absolute atomic E-state index is 13.2. The maximum Gasteiger partial charge on any atom is 0.416 e. The molecule has 2 heterocycles. The predicted molar refractivity (Wildman–Crippen MR) is 112 cm³/mol. The number of anilines is 1. The smallest absolute Gasteiger partial charge is 0.322 e. The molecule has 0 aliphatic heterocycles. The molecular weight excluding hydrogens is 435 g/mol. The number of nitrogens with one attached hydrogen (secondary N) is 1. The molecule has 1 saturated carbocycles. The first-order chi connectivity index (χ1) is 15.8. The summed E-state index contributed by atoms with van der Waals surface area (Å²) in [6.07, 6.45) is 0.0849. The third kappa shape index (κ3) is 4.09. The summed E-state index contributed by atoms with van der Waals surface area (Å²) in [7, 11) is 0. The minimum Gasteiger partial charge on any atom is -0.322 e. The lowest BCUT2D eigenvalue weighted by atomic mass is 10.1. The fraction of sp³-hybridized carbons (Fsp3) is 0.227. The van der Waals surface area contributed by atoms with E-state index in [-0.39, 0.29) is 17.5 Å². The Kier molecular flexibility index (Phi) is 4.95. The molecule has 0 bridgehead atoms. The number of rotatable bonds is 5. The number of hydrogen-bond acceptors (Lipinski definition) is 5. The lowest BCUT2D eigenvalue weighted by molar-refractivity contribution is -0.137. The van der Waals surface area contributed by atoms with Crippen molar-refractivity contribution in [1.29, 1.82) is 0 Å². The Morgan fingerprint density at radius 1 is 1.15 bits per heavy atom. The number of aryl methyl sites for hydroxylation is 1. The largest absolute Gasteiger partial charge is 0.416 e. The van der Waals surface area contributed by atoms with Crippen molar-refractivity contribution >= 4 is 11.6 Å². The number of aromatic nitrogens is 6. The first kappa shape index (κ1) is 20.9. The van der Waals surface area contributed by atoms with Crippen molar-refractivity contribution in [3.63, 3.8) is 0 Å². The quantitative estimate of drug-likeness (QED) is 0.487. The van der Waals surface area contributed by atoms with Crippen LogP contribution >= 0.6 is 0 Å². The molecule has 1 aliphatic rings. The molecule has 11 heteroatoms. The van der Waals surface area contributed by atoms with Crippen molar-refractivity contribution in [3.8, 4) is 11.4 Å². The van der Waals surface area contributed by atoms with E-state index in [1.807, 2.05) is 13.0 Å². The van der Waals surface area contributed by atoms with Gasteiger partial charge in [-0.2, -0.15) is 18.3 Å². The Balaban J connectivity index is 1.47. The van der Waals surface area contributed by atoms with E-state index in [2.05, 4.69) is 25.9 Å². The molecule has 1 fully saturated rings. The number of carbonyl (C=O) groups is 1. The minimum absolute atomic E-state index is 0.0672. The van der Waals surface area contributed by atoms with Crippen LogP contribution in [-0.2, 0) is 6.18 Å². The van der Waals surface area contributed by atoms with Crippen LogP contribution < -0.4 is 5.32 Å². The van der Waals surface area contributed by atoms with E-state index >= 15 is 0 Å². The van der Waals surface area contributed by atoms with Crippen LogP contribution in [-0.4, -0.2) is 35.9 Å². The van der Waals surface area contributed by atoms with Crippen molar-refractivity contribution in [2.75, 3.05) is 5.32 Å².